The van der Waals surface area contributed by atoms with Gasteiger partial charge in [0.2, 0.25) is 5.82 Å². The second-order valence-corrected chi connectivity index (χ2v) is 6.31. The highest BCUT2D eigenvalue weighted by Crippen LogP contribution is 2.20. The van der Waals surface area contributed by atoms with Crippen molar-refractivity contribution in [1.82, 2.24) is 19.7 Å². The number of carbonyl (C=O) groups is 1. The Balaban J connectivity index is 1.41. The highest BCUT2D eigenvalue weighted by Gasteiger charge is 2.13. The van der Waals surface area contributed by atoms with Crippen LogP contribution in [0.15, 0.2) is 64.2 Å². The summed E-state index contributed by atoms with van der Waals surface area (Å²) >= 11 is 5.94. The summed E-state index contributed by atoms with van der Waals surface area (Å²) in [5.74, 6) is -0.155. The van der Waals surface area contributed by atoms with Crippen molar-refractivity contribution in [3.8, 4) is 11.4 Å². The predicted molar refractivity (Wildman–Crippen MR) is 101 cm³/mol. The largest absolute Gasteiger partial charge is 0.454 e. The minimum absolute atomic E-state index is 0.132. The molecule has 0 saturated carbocycles. The molecule has 0 aliphatic carbocycles. The number of benzene rings is 2. The number of esters is 1. The molecule has 0 spiro atoms. The lowest BCUT2D eigenvalue weighted by atomic mass is 10.2. The Bertz CT molecular complexity index is 1220. The van der Waals surface area contributed by atoms with Crippen LogP contribution in [-0.2, 0) is 22.7 Å². The van der Waals surface area contributed by atoms with Crippen LogP contribution in [-0.4, -0.2) is 25.7 Å². The highest BCUT2D eigenvalue weighted by atomic mass is 35.5. The van der Waals surface area contributed by atoms with Crippen molar-refractivity contribution in [3.05, 3.63) is 76.1 Å². The molecule has 2 aromatic carbocycles. The van der Waals surface area contributed by atoms with Crippen LogP contribution < -0.4 is 5.56 Å². The average Bonchev–Trinajstić information content (AvgIpc) is 3.18. The van der Waals surface area contributed by atoms with E-state index in [1.165, 1.54) is 10.9 Å². The van der Waals surface area contributed by atoms with Gasteiger partial charge in [0.15, 0.2) is 6.61 Å². The van der Waals surface area contributed by atoms with Crippen molar-refractivity contribution < 1.29 is 14.1 Å². The summed E-state index contributed by atoms with van der Waals surface area (Å²) in [7, 11) is 0. The van der Waals surface area contributed by atoms with Crippen molar-refractivity contribution in [2.24, 2.45) is 0 Å². The topological polar surface area (TPSA) is 100 Å². The van der Waals surface area contributed by atoms with Gasteiger partial charge >= 0.3 is 5.97 Å². The molecule has 0 radical (unpaired) electrons. The van der Waals surface area contributed by atoms with Gasteiger partial charge in [0.05, 0.1) is 17.2 Å². The van der Waals surface area contributed by atoms with Gasteiger partial charge in [-0.05, 0) is 24.3 Å². The maximum Gasteiger partial charge on any atom is 0.326 e. The van der Waals surface area contributed by atoms with Crippen molar-refractivity contribution in [2.75, 3.05) is 0 Å². The molecule has 0 fully saturated rings. The van der Waals surface area contributed by atoms with Crippen LogP contribution in [0, 0.1) is 0 Å². The quantitative estimate of drug-likeness (QED) is 0.478. The van der Waals surface area contributed by atoms with Crippen LogP contribution in [0.3, 0.4) is 0 Å². The molecule has 4 aromatic rings. The minimum Gasteiger partial charge on any atom is -0.454 e. The third kappa shape index (κ3) is 3.77. The lowest BCUT2D eigenvalue weighted by molar-refractivity contribution is -0.146. The minimum atomic E-state index is -0.623. The highest BCUT2D eigenvalue weighted by molar-refractivity contribution is 6.30. The number of para-hydroxylation sites is 1. The molecule has 9 heteroatoms. The Kier molecular flexibility index (Phi) is 4.86. The molecule has 0 N–H and O–H groups in total. The Morgan fingerprint density at radius 3 is 2.89 bits per heavy atom. The van der Waals surface area contributed by atoms with Crippen LogP contribution >= 0.6 is 11.6 Å². The van der Waals surface area contributed by atoms with E-state index in [0.29, 0.717) is 27.3 Å². The monoisotopic (exact) mass is 396 g/mol. The lowest BCUT2D eigenvalue weighted by Gasteiger charge is -2.06. The number of hydrogen-bond donors (Lipinski definition) is 0. The maximum atomic E-state index is 12.4. The van der Waals surface area contributed by atoms with Crippen molar-refractivity contribution in [2.45, 2.75) is 13.2 Å². The van der Waals surface area contributed by atoms with Crippen molar-refractivity contribution in [1.29, 1.82) is 0 Å². The normalized spacial score (nSPS) is 10.9. The molecule has 0 saturated heterocycles. The van der Waals surface area contributed by atoms with Gasteiger partial charge in [-0.1, -0.05) is 41.0 Å². The summed E-state index contributed by atoms with van der Waals surface area (Å²) in [4.78, 5) is 32.8. The van der Waals surface area contributed by atoms with Crippen LogP contribution in [0.4, 0.5) is 0 Å². The number of aromatic nitrogens is 4. The molecule has 0 atom stereocenters. The molecular formula is C19H13ClN4O4. The zero-order valence-corrected chi connectivity index (χ0v) is 15.2. The molecule has 0 aliphatic rings. The van der Waals surface area contributed by atoms with Crippen LogP contribution in [0.25, 0.3) is 22.3 Å². The third-order valence-corrected chi connectivity index (χ3v) is 4.17. The molecular weight excluding hydrogens is 384 g/mol. The first-order chi connectivity index (χ1) is 13.6. The molecule has 0 bridgehead atoms. The number of rotatable bonds is 5. The fraction of sp³-hybridized carbons (Fsp3) is 0.105. The van der Waals surface area contributed by atoms with E-state index in [9.17, 15) is 9.59 Å². The summed E-state index contributed by atoms with van der Waals surface area (Å²) < 4.78 is 11.4. The van der Waals surface area contributed by atoms with Crippen molar-refractivity contribution >= 4 is 28.5 Å². The van der Waals surface area contributed by atoms with E-state index in [-0.39, 0.29) is 24.6 Å². The number of ether oxygens (including phenoxy) is 1. The van der Waals surface area contributed by atoms with Gasteiger partial charge in [-0.3, -0.25) is 14.2 Å². The molecule has 140 valence electrons. The van der Waals surface area contributed by atoms with E-state index in [1.807, 2.05) is 0 Å². The zero-order valence-electron chi connectivity index (χ0n) is 14.4. The Hall–Kier alpha value is -3.52. The van der Waals surface area contributed by atoms with Crippen molar-refractivity contribution in [3.63, 3.8) is 0 Å². The van der Waals surface area contributed by atoms with E-state index in [0.717, 1.165) is 0 Å². The summed E-state index contributed by atoms with van der Waals surface area (Å²) in [6.45, 7) is -0.478. The Morgan fingerprint density at radius 1 is 1.18 bits per heavy atom. The average molecular weight is 397 g/mol. The molecule has 0 amide bonds. The first-order valence-electron chi connectivity index (χ1n) is 8.28. The summed E-state index contributed by atoms with van der Waals surface area (Å²) in [6, 6.07) is 13.9. The van der Waals surface area contributed by atoms with E-state index >= 15 is 0 Å². The molecule has 2 aromatic heterocycles. The van der Waals surface area contributed by atoms with Crippen LogP contribution in [0.5, 0.6) is 0 Å². The van der Waals surface area contributed by atoms with Gasteiger partial charge in [0.1, 0.15) is 6.54 Å². The first kappa shape index (κ1) is 17.9. The Morgan fingerprint density at radius 2 is 2.04 bits per heavy atom. The van der Waals surface area contributed by atoms with Gasteiger partial charge in [-0.2, -0.15) is 4.98 Å². The van der Waals surface area contributed by atoms with Crippen LogP contribution in [0.2, 0.25) is 5.02 Å². The van der Waals surface area contributed by atoms with Gasteiger partial charge < -0.3 is 9.26 Å². The number of nitrogens with zero attached hydrogens (tertiary/aromatic N) is 4. The third-order valence-electron chi connectivity index (χ3n) is 3.94. The smallest absolute Gasteiger partial charge is 0.326 e. The second-order valence-electron chi connectivity index (χ2n) is 5.88. The number of hydrogen-bond acceptors (Lipinski definition) is 7. The maximum absolute atomic E-state index is 12.4. The molecule has 2 heterocycles. The zero-order chi connectivity index (χ0) is 19.5. The number of carbonyl (C=O) groups excluding carboxylic acids is 1. The van der Waals surface area contributed by atoms with Gasteiger partial charge in [-0.25, -0.2) is 4.98 Å². The van der Waals surface area contributed by atoms with Gasteiger partial charge in [0.25, 0.3) is 11.4 Å². The van der Waals surface area contributed by atoms with E-state index in [2.05, 4.69) is 15.1 Å². The van der Waals surface area contributed by atoms with Gasteiger partial charge in [-0.15, -0.1) is 0 Å². The standard InChI is InChI=1S/C19H13ClN4O4/c20-13-5-3-4-12(8-13)18-22-16(28-23-18)10-27-17(25)9-24-11-21-15-7-2-1-6-14(15)19(24)26/h1-8,11H,9-10H2. The number of halogens is 1. The summed E-state index contributed by atoms with van der Waals surface area (Å²) in [5, 5.41) is 4.81. The lowest BCUT2D eigenvalue weighted by Crippen LogP contribution is -2.25. The molecule has 4 rings (SSSR count). The molecule has 28 heavy (non-hydrogen) atoms. The van der Waals surface area contributed by atoms with Gasteiger partial charge in [0, 0.05) is 10.6 Å². The summed E-state index contributed by atoms with van der Waals surface area (Å²) in [5.41, 5.74) is 0.933. The Labute approximate surface area is 163 Å². The van der Waals surface area contributed by atoms with Crippen LogP contribution in [0.1, 0.15) is 5.89 Å². The van der Waals surface area contributed by atoms with E-state index in [1.54, 1.807) is 48.5 Å². The molecule has 0 unspecified atom stereocenters. The predicted octanol–water partition coefficient (Wildman–Crippen LogP) is 2.84. The van der Waals surface area contributed by atoms with E-state index in [4.69, 9.17) is 20.9 Å². The first-order valence-corrected chi connectivity index (χ1v) is 8.66. The number of fused-ring (bicyclic) bond motifs is 1. The fourth-order valence-corrected chi connectivity index (χ4v) is 2.79. The summed E-state index contributed by atoms with van der Waals surface area (Å²) in [6.07, 6.45) is 1.32. The molecule has 8 nitrogen and oxygen atoms in total. The second kappa shape index (κ2) is 7.61. The fourth-order valence-electron chi connectivity index (χ4n) is 2.60. The van der Waals surface area contributed by atoms with E-state index < -0.39 is 5.97 Å². The molecule has 0 aliphatic heterocycles. The SMILES string of the molecule is O=C(Cn1cnc2ccccc2c1=O)OCc1nc(-c2cccc(Cl)c2)no1.